The van der Waals surface area contributed by atoms with Gasteiger partial charge < -0.3 is 0 Å². The Labute approximate surface area is 71.6 Å². The summed E-state index contributed by atoms with van der Waals surface area (Å²) in [6.07, 6.45) is 0. The molecule has 4 heteroatoms. The Morgan fingerprint density at radius 2 is 1.25 bits per heavy atom. The Balaban J connectivity index is -0.00000000500. The third-order valence-electron chi connectivity index (χ3n) is 0. The summed E-state index contributed by atoms with van der Waals surface area (Å²) in [6, 6.07) is 0. The zero-order valence-electron chi connectivity index (χ0n) is 1.73. The Hall–Kier alpha value is 2.65. The molecule has 22 valence electrons. The minimum atomic E-state index is 0. The second kappa shape index (κ2) is 17.4. The van der Waals surface area contributed by atoms with E-state index >= 15 is 0 Å². The molecule has 0 unspecified atom stereocenters. The maximum absolute atomic E-state index is 3.44. The zero-order valence-corrected chi connectivity index (χ0v) is 7.82. The van der Waals surface area contributed by atoms with Crippen LogP contribution in [0.15, 0.2) is 0 Å². The van der Waals surface area contributed by atoms with Crippen molar-refractivity contribution in [1.29, 1.82) is 0 Å². The molecule has 0 saturated heterocycles. The second-order valence-electron chi connectivity index (χ2n) is 0. The van der Waals surface area contributed by atoms with Crippen LogP contribution in [0, 0.1) is 0 Å². The molecule has 0 atom stereocenters. The van der Waals surface area contributed by atoms with E-state index in [1.54, 1.807) is 0 Å². The Kier molecular flexibility index (Phi) is 69.3. The van der Waals surface area contributed by atoms with Gasteiger partial charge in [-0.1, -0.05) is 0 Å². The molecule has 0 rings (SSSR count). The molecule has 0 amide bonds. The molecule has 0 fully saturated rings. The van der Waals surface area contributed by atoms with Gasteiger partial charge in [0.05, 0.1) is 0 Å². The quantitative estimate of drug-likeness (QED) is 0.363. The van der Waals surface area contributed by atoms with Crippen molar-refractivity contribution in [2.75, 3.05) is 0 Å². The van der Waals surface area contributed by atoms with Crippen molar-refractivity contribution in [2.24, 2.45) is 0 Å². The van der Waals surface area contributed by atoms with Crippen molar-refractivity contribution in [1.82, 2.24) is 0 Å². The van der Waals surface area contributed by atoms with Gasteiger partial charge in [-0.05, 0) is 0 Å². The van der Waals surface area contributed by atoms with Gasteiger partial charge in [0.2, 0.25) is 0 Å². The van der Waals surface area contributed by atoms with E-state index in [9.17, 15) is 0 Å². The summed E-state index contributed by atoms with van der Waals surface area (Å²) in [6.45, 7) is 0. The predicted octanol–water partition coefficient (Wildman–Crippen LogP) is -1.89. The average molecular weight is 301 g/mol. The van der Waals surface area contributed by atoms with E-state index in [1.807, 2.05) is 0 Å². The molecule has 0 aliphatic heterocycles. The van der Waals surface area contributed by atoms with Gasteiger partial charge >= 0.3 is 72.7 Å². The van der Waals surface area contributed by atoms with E-state index < -0.39 is 0 Å². The van der Waals surface area contributed by atoms with Crippen molar-refractivity contribution in [3.8, 4) is 0 Å². The van der Waals surface area contributed by atoms with E-state index in [2.05, 4.69) is 22.4 Å². The van der Waals surface area contributed by atoms with Crippen LogP contribution in [0.4, 0.5) is 0 Å². The molecule has 0 aromatic heterocycles. The molecular weight excluding hydrogens is 295 g/mol. The Morgan fingerprint density at radius 1 is 1.25 bits per heavy atom. The summed E-state index contributed by atoms with van der Waals surface area (Å²) in [5.74, 6) is 0. The topological polar surface area (TPSA) is 0 Å². The van der Waals surface area contributed by atoms with E-state index in [4.69, 9.17) is 0 Å². The van der Waals surface area contributed by atoms with Gasteiger partial charge in [0.15, 0.2) is 0 Å². The molecule has 0 N–H and O–H groups in total. The number of hydrogen-bond donors (Lipinski definition) is 0. The first-order valence-electron chi connectivity index (χ1n) is 0.258. The normalized spacial score (nSPS) is 1.25. The predicted molar refractivity (Wildman–Crippen MR) is 32.6 cm³/mol. The Bertz CT molecular complexity index is 12.8. The molecule has 0 saturated carbocycles. The van der Waals surface area contributed by atoms with E-state index in [-0.39, 0.29) is 50.3 Å². The van der Waals surface area contributed by atoms with Crippen molar-refractivity contribution in [2.45, 2.75) is 0 Å². The van der Waals surface area contributed by atoms with Crippen molar-refractivity contribution < 1.29 is 0 Å². The van der Waals surface area contributed by atoms with Gasteiger partial charge in [-0.15, -0.1) is 0 Å². The van der Waals surface area contributed by atoms with Crippen molar-refractivity contribution in [3.05, 3.63) is 0 Å². The van der Waals surface area contributed by atoms with Gasteiger partial charge in [-0.2, -0.15) is 0 Å². The van der Waals surface area contributed by atoms with E-state index in [0.717, 1.165) is 0 Å². The van der Waals surface area contributed by atoms with Gasteiger partial charge in [-0.25, -0.2) is 0 Å². The van der Waals surface area contributed by atoms with Crippen LogP contribution in [-0.2, 0) is 0 Å². The first-order chi connectivity index (χ1) is 1.00. The van der Waals surface area contributed by atoms with Crippen molar-refractivity contribution >= 4 is 72.7 Å². The summed E-state index contributed by atoms with van der Waals surface area (Å²) in [7, 11) is 3.44. The molecule has 0 aliphatic rings. The molecule has 4 heavy (non-hydrogen) atoms. The molecule has 0 bridgehead atoms. The van der Waals surface area contributed by atoms with Crippen LogP contribution in [0.3, 0.4) is 0 Å². The number of rotatable bonds is 0. The molecule has 0 aromatic carbocycles. The molecule has 0 radical (unpaired) electrons. The van der Waals surface area contributed by atoms with Crippen LogP contribution >= 0.6 is 7.23 Å². The van der Waals surface area contributed by atoms with Crippen molar-refractivity contribution in [3.63, 3.8) is 0 Å². The minimum absolute atomic E-state index is 0. The summed E-state index contributed by atoms with van der Waals surface area (Å²) >= 11 is 2.11. The van der Waals surface area contributed by atoms with Gasteiger partial charge in [0.1, 0.15) is 0 Å². The van der Waals surface area contributed by atoms with E-state index in [1.165, 1.54) is 0 Å². The van der Waals surface area contributed by atoms with Crippen LogP contribution in [-0.4, -0.2) is 65.4 Å². The molecule has 0 spiro atoms. The fraction of sp³-hybridized carbons (Fsp3) is 0. The van der Waals surface area contributed by atoms with Crippen LogP contribution in [0.5, 0.6) is 0 Å². The summed E-state index contributed by atoms with van der Waals surface area (Å²) in [5.41, 5.74) is 0. The first-order valence-corrected chi connectivity index (χ1v) is 2.32. The van der Waals surface area contributed by atoms with Gasteiger partial charge in [-0.3, -0.25) is 0 Å². The van der Waals surface area contributed by atoms with Crippen LogP contribution in [0.2, 0.25) is 0 Å². The summed E-state index contributed by atoms with van der Waals surface area (Å²) in [4.78, 5) is 0. The SMILES string of the molecule is [Al]#[P].[InH3].[SbH3]. The zero-order chi connectivity index (χ0) is 2.00. The summed E-state index contributed by atoms with van der Waals surface area (Å²) in [5, 5.41) is 0. The molecule has 0 aromatic rings. The standard InChI is InChI=1S/Al.In.P.Sb.6H. The second-order valence-corrected chi connectivity index (χ2v) is 0. The fourth-order valence-corrected chi connectivity index (χ4v) is 0. The number of hydrogen-bond acceptors (Lipinski definition) is 0. The van der Waals surface area contributed by atoms with Gasteiger partial charge in [0.25, 0.3) is 0 Å². The average Bonchev–Trinajstić information content (AvgIpc) is 1.00. The van der Waals surface area contributed by atoms with Gasteiger partial charge in [0, 0.05) is 0 Å². The maximum atomic E-state index is 3.44. The third-order valence-corrected chi connectivity index (χ3v) is 0. The van der Waals surface area contributed by atoms with Crippen LogP contribution in [0.25, 0.3) is 0 Å². The third kappa shape index (κ3) is 8.82. The Morgan fingerprint density at radius 3 is 1.25 bits per heavy atom. The first kappa shape index (κ1) is 15.9. The molecular formula is H6AlInPSb. The van der Waals surface area contributed by atoms with Crippen LogP contribution < -0.4 is 0 Å². The van der Waals surface area contributed by atoms with E-state index in [0.29, 0.717) is 0 Å². The van der Waals surface area contributed by atoms with Crippen LogP contribution in [0.1, 0.15) is 0 Å². The molecule has 0 nitrogen and oxygen atoms in total. The fourth-order valence-electron chi connectivity index (χ4n) is 0. The summed E-state index contributed by atoms with van der Waals surface area (Å²) < 4.78 is 0. The monoisotopic (exact) mass is 300 g/mol. The molecule has 0 aliphatic carbocycles. The molecule has 0 heterocycles.